The maximum atomic E-state index is 11.7. The molecule has 0 saturated heterocycles. The summed E-state index contributed by atoms with van der Waals surface area (Å²) in [6.45, 7) is 2.01. The van der Waals surface area contributed by atoms with Crippen LogP contribution in [0, 0.1) is 0 Å². The minimum absolute atomic E-state index is 0.0450. The molecule has 15 heavy (non-hydrogen) atoms. The molecule has 2 rings (SSSR count). The molecule has 1 aliphatic rings. The Labute approximate surface area is 88.8 Å². The zero-order valence-electron chi connectivity index (χ0n) is 8.83. The van der Waals surface area contributed by atoms with E-state index >= 15 is 0 Å². The standard InChI is InChI=1S/C12H13NO2/c1-3-5-9-8-6-4-7-10(15-2)11(8)13-12(9)14/h4-7H,3H2,1-2H3,(H,13,14). The van der Waals surface area contributed by atoms with Gasteiger partial charge in [0.15, 0.2) is 0 Å². The topological polar surface area (TPSA) is 38.3 Å². The van der Waals surface area contributed by atoms with Crippen LogP contribution in [0.25, 0.3) is 5.57 Å². The minimum Gasteiger partial charge on any atom is -0.495 e. The lowest BCUT2D eigenvalue weighted by molar-refractivity contribution is -0.110. The number of methoxy groups -OCH3 is 1. The van der Waals surface area contributed by atoms with Crippen molar-refractivity contribution in [1.82, 2.24) is 0 Å². The predicted molar refractivity (Wildman–Crippen MR) is 59.9 cm³/mol. The van der Waals surface area contributed by atoms with Gasteiger partial charge in [-0.15, -0.1) is 0 Å². The summed E-state index contributed by atoms with van der Waals surface area (Å²) in [4.78, 5) is 11.7. The van der Waals surface area contributed by atoms with Crippen molar-refractivity contribution in [2.24, 2.45) is 0 Å². The average molecular weight is 203 g/mol. The van der Waals surface area contributed by atoms with E-state index in [-0.39, 0.29) is 5.91 Å². The quantitative estimate of drug-likeness (QED) is 0.750. The van der Waals surface area contributed by atoms with Gasteiger partial charge in [0.1, 0.15) is 5.75 Å². The Morgan fingerprint density at radius 3 is 2.93 bits per heavy atom. The van der Waals surface area contributed by atoms with Crippen molar-refractivity contribution in [1.29, 1.82) is 0 Å². The summed E-state index contributed by atoms with van der Waals surface area (Å²) in [7, 11) is 1.60. The molecule has 0 fully saturated rings. The van der Waals surface area contributed by atoms with Gasteiger partial charge in [-0.3, -0.25) is 4.79 Å². The first-order valence-corrected chi connectivity index (χ1v) is 4.96. The number of hydrogen-bond donors (Lipinski definition) is 1. The molecule has 3 nitrogen and oxygen atoms in total. The molecule has 0 unspecified atom stereocenters. The number of carbonyl (C=O) groups excluding carboxylic acids is 1. The van der Waals surface area contributed by atoms with Crippen molar-refractivity contribution in [3.05, 3.63) is 29.8 Å². The number of hydrogen-bond acceptors (Lipinski definition) is 2. The summed E-state index contributed by atoms with van der Waals surface area (Å²) in [6.07, 6.45) is 2.78. The highest BCUT2D eigenvalue weighted by molar-refractivity contribution is 6.32. The first-order valence-electron chi connectivity index (χ1n) is 4.96. The lowest BCUT2D eigenvalue weighted by Gasteiger charge is -2.04. The van der Waals surface area contributed by atoms with Gasteiger partial charge in [0.2, 0.25) is 0 Å². The molecule has 0 aromatic heterocycles. The van der Waals surface area contributed by atoms with Crippen molar-refractivity contribution in [3.8, 4) is 5.75 Å². The highest BCUT2D eigenvalue weighted by Gasteiger charge is 2.25. The fourth-order valence-corrected chi connectivity index (χ4v) is 1.76. The molecule has 3 heteroatoms. The average Bonchev–Trinajstić information content (AvgIpc) is 2.56. The zero-order chi connectivity index (χ0) is 10.8. The van der Waals surface area contributed by atoms with Crippen LogP contribution in [0.15, 0.2) is 24.3 Å². The Hall–Kier alpha value is -1.77. The lowest BCUT2D eigenvalue weighted by atomic mass is 10.1. The van der Waals surface area contributed by atoms with Gasteiger partial charge in [0.05, 0.1) is 12.8 Å². The number of para-hydroxylation sites is 1. The molecule has 1 aliphatic heterocycles. The summed E-state index contributed by atoms with van der Waals surface area (Å²) in [5.74, 6) is 0.664. The minimum atomic E-state index is -0.0450. The highest BCUT2D eigenvalue weighted by Crippen LogP contribution is 2.38. The largest absolute Gasteiger partial charge is 0.495 e. The molecule has 1 N–H and O–H groups in total. The van der Waals surface area contributed by atoms with Crippen LogP contribution >= 0.6 is 0 Å². The second kappa shape index (κ2) is 3.77. The van der Waals surface area contributed by atoms with Crippen molar-refractivity contribution in [2.75, 3.05) is 12.4 Å². The molecule has 0 aliphatic carbocycles. The Balaban J connectivity index is 2.56. The van der Waals surface area contributed by atoms with Gasteiger partial charge < -0.3 is 10.1 Å². The molecule has 0 atom stereocenters. The fourth-order valence-electron chi connectivity index (χ4n) is 1.76. The summed E-state index contributed by atoms with van der Waals surface area (Å²) in [6, 6.07) is 5.66. The van der Waals surface area contributed by atoms with E-state index in [4.69, 9.17) is 4.74 Å². The molecular formula is C12H13NO2. The number of amides is 1. The van der Waals surface area contributed by atoms with Crippen molar-refractivity contribution >= 4 is 17.2 Å². The van der Waals surface area contributed by atoms with Crippen molar-refractivity contribution < 1.29 is 9.53 Å². The second-order valence-electron chi connectivity index (χ2n) is 3.36. The smallest absolute Gasteiger partial charge is 0.256 e. The maximum absolute atomic E-state index is 11.7. The molecule has 0 radical (unpaired) electrons. The number of benzene rings is 1. The van der Waals surface area contributed by atoms with Crippen LogP contribution < -0.4 is 10.1 Å². The molecule has 0 bridgehead atoms. The van der Waals surface area contributed by atoms with E-state index in [1.54, 1.807) is 7.11 Å². The van der Waals surface area contributed by atoms with Crippen molar-refractivity contribution in [2.45, 2.75) is 13.3 Å². The lowest BCUT2D eigenvalue weighted by Crippen LogP contribution is -2.04. The van der Waals surface area contributed by atoms with Crippen LogP contribution in [-0.2, 0) is 4.79 Å². The Bertz CT molecular complexity index is 435. The van der Waals surface area contributed by atoms with E-state index in [1.165, 1.54) is 0 Å². The number of anilines is 1. The normalized spacial score (nSPS) is 16.4. The van der Waals surface area contributed by atoms with Gasteiger partial charge in [-0.2, -0.15) is 0 Å². The molecular weight excluding hydrogens is 190 g/mol. The summed E-state index contributed by atoms with van der Waals surface area (Å²) >= 11 is 0. The zero-order valence-corrected chi connectivity index (χ0v) is 8.83. The van der Waals surface area contributed by atoms with E-state index in [9.17, 15) is 4.79 Å². The summed E-state index contributed by atoms with van der Waals surface area (Å²) in [5, 5.41) is 2.82. The fraction of sp³-hybridized carbons (Fsp3) is 0.250. The van der Waals surface area contributed by atoms with Gasteiger partial charge >= 0.3 is 0 Å². The molecule has 1 aromatic carbocycles. The van der Waals surface area contributed by atoms with Gasteiger partial charge in [-0.25, -0.2) is 0 Å². The first kappa shape index (κ1) is 9.77. The molecule has 1 amide bonds. The van der Waals surface area contributed by atoms with E-state index in [1.807, 2.05) is 31.2 Å². The third kappa shape index (κ3) is 1.50. The van der Waals surface area contributed by atoms with Crippen LogP contribution in [0.2, 0.25) is 0 Å². The maximum Gasteiger partial charge on any atom is 0.256 e. The number of nitrogens with one attached hydrogen (secondary N) is 1. The van der Waals surface area contributed by atoms with Gasteiger partial charge in [-0.05, 0) is 12.5 Å². The van der Waals surface area contributed by atoms with Gasteiger partial charge in [-0.1, -0.05) is 25.1 Å². The highest BCUT2D eigenvalue weighted by atomic mass is 16.5. The van der Waals surface area contributed by atoms with E-state index < -0.39 is 0 Å². The first-order chi connectivity index (χ1) is 7.27. The third-order valence-corrected chi connectivity index (χ3v) is 2.43. The number of fused-ring (bicyclic) bond motifs is 1. The molecule has 1 heterocycles. The van der Waals surface area contributed by atoms with Crippen LogP contribution in [-0.4, -0.2) is 13.0 Å². The summed E-state index contributed by atoms with van der Waals surface area (Å²) < 4.78 is 5.19. The molecule has 1 aromatic rings. The van der Waals surface area contributed by atoms with Crippen molar-refractivity contribution in [3.63, 3.8) is 0 Å². The Morgan fingerprint density at radius 2 is 2.27 bits per heavy atom. The van der Waals surface area contributed by atoms with E-state index in [0.29, 0.717) is 5.75 Å². The number of carbonyl (C=O) groups is 1. The second-order valence-corrected chi connectivity index (χ2v) is 3.36. The number of rotatable bonds is 2. The molecule has 0 saturated carbocycles. The number of ether oxygens (including phenoxy) is 1. The Morgan fingerprint density at radius 1 is 1.47 bits per heavy atom. The van der Waals surface area contributed by atoms with E-state index in [0.717, 1.165) is 23.2 Å². The van der Waals surface area contributed by atoms with Gasteiger partial charge in [0, 0.05) is 11.1 Å². The van der Waals surface area contributed by atoms with Crippen LogP contribution in [0.3, 0.4) is 0 Å². The third-order valence-electron chi connectivity index (χ3n) is 2.43. The van der Waals surface area contributed by atoms with Crippen LogP contribution in [0.4, 0.5) is 5.69 Å². The van der Waals surface area contributed by atoms with E-state index in [2.05, 4.69) is 5.32 Å². The predicted octanol–water partition coefficient (Wildman–Crippen LogP) is 2.44. The Kier molecular flexibility index (Phi) is 2.46. The monoisotopic (exact) mass is 203 g/mol. The van der Waals surface area contributed by atoms with Crippen LogP contribution in [0.5, 0.6) is 5.75 Å². The van der Waals surface area contributed by atoms with Gasteiger partial charge in [0.25, 0.3) is 5.91 Å². The molecule has 78 valence electrons. The molecule has 0 spiro atoms. The summed E-state index contributed by atoms with van der Waals surface area (Å²) in [5.41, 5.74) is 2.46. The number of allylic oxidation sites excluding steroid dienone is 1. The SMILES string of the molecule is CCC=C1C(=O)Nc2c(OC)cccc21. The van der Waals surface area contributed by atoms with Crippen LogP contribution in [0.1, 0.15) is 18.9 Å².